The van der Waals surface area contributed by atoms with Gasteiger partial charge in [-0.2, -0.15) is 0 Å². The van der Waals surface area contributed by atoms with Gasteiger partial charge in [-0.05, 0) is 37.1 Å². The predicted molar refractivity (Wildman–Crippen MR) is 86.0 cm³/mol. The van der Waals surface area contributed by atoms with Crippen molar-refractivity contribution in [1.82, 2.24) is 5.32 Å². The van der Waals surface area contributed by atoms with Crippen LogP contribution in [0, 0.1) is 0 Å². The first-order valence-electron chi connectivity index (χ1n) is 7.47. The molecule has 1 aromatic heterocycles. The van der Waals surface area contributed by atoms with E-state index in [1.54, 1.807) is 17.8 Å². The lowest BCUT2D eigenvalue weighted by Crippen LogP contribution is -2.31. The molecule has 1 fully saturated rings. The van der Waals surface area contributed by atoms with E-state index in [-0.39, 0.29) is 12.0 Å². The molecule has 1 atom stereocenters. The Bertz CT molecular complexity index is 605. The lowest BCUT2D eigenvalue weighted by Gasteiger charge is -2.09. The fourth-order valence-electron chi connectivity index (χ4n) is 2.35. The molecule has 0 bridgehead atoms. The summed E-state index contributed by atoms with van der Waals surface area (Å²) in [4.78, 5) is 13.2. The number of carbonyl (C=O) groups excluding carboxylic acids is 1. The summed E-state index contributed by atoms with van der Waals surface area (Å²) in [6.45, 7) is 1.34. The summed E-state index contributed by atoms with van der Waals surface area (Å²) in [5.41, 5.74) is 0. The SMILES string of the molecule is O=C(NC[C@@H]1CCCO1)c1ccc(CSc2ccccc2)o1. The number of benzene rings is 1. The molecule has 4 nitrogen and oxygen atoms in total. The van der Waals surface area contributed by atoms with E-state index in [0.717, 1.165) is 25.2 Å². The Labute approximate surface area is 134 Å². The van der Waals surface area contributed by atoms with E-state index in [4.69, 9.17) is 9.15 Å². The highest BCUT2D eigenvalue weighted by atomic mass is 32.2. The Morgan fingerprint density at radius 1 is 1.23 bits per heavy atom. The summed E-state index contributed by atoms with van der Waals surface area (Å²) < 4.78 is 11.1. The van der Waals surface area contributed by atoms with Gasteiger partial charge >= 0.3 is 0 Å². The van der Waals surface area contributed by atoms with Crippen LogP contribution < -0.4 is 5.32 Å². The summed E-state index contributed by atoms with van der Waals surface area (Å²) >= 11 is 1.69. The molecule has 0 unspecified atom stereocenters. The average molecular weight is 317 g/mol. The summed E-state index contributed by atoms with van der Waals surface area (Å²) in [5.74, 6) is 1.70. The summed E-state index contributed by atoms with van der Waals surface area (Å²) in [5, 5.41) is 2.86. The molecular weight excluding hydrogens is 298 g/mol. The zero-order valence-electron chi connectivity index (χ0n) is 12.3. The minimum Gasteiger partial charge on any atom is -0.455 e. The normalized spacial score (nSPS) is 17.5. The van der Waals surface area contributed by atoms with Crippen molar-refractivity contribution < 1.29 is 13.9 Å². The fraction of sp³-hybridized carbons (Fsp3) is 0.353. The minimum absolute atomic E-state index is 0.145. The van der Waals surface area contributed by atoms with Crippen molar-refractivity contribution >= 4 is 17.7 Å². The standard InChI is InChI=1S/C17H19NO3S/c19-17(18-11-13-5-4-10-20-13)16-9-8-14(21-16)12-22-15-6-2-1-3-7-15/h1-3,6-9,13H,4-5,10-12H2,(H,18,19)/t13-/m0/s1. The maximum absolute atomic E-state index is 12.0. The number of thioether (sulfide) groups is 1. The smallest absolute Gasteiger partial charge is 0.287 e. The molecule has 1 amide bonds. The molecule has 2 aromatic rings. The van der Waals surface area contributed by atoms with Crippen molar-refractivity contribution in [2.24, 2.45) is 0 Å². The Morgan fingerprint density at radius 2 is 2.09 bits per heavy atom. The van der Waals surface area contributed by atoms with E-state index in [2.05, 4.69) is 17.4 Å². The maximum atomic E-state index is 12.0. The number of furan rings is 1. The second-order valence-electron chi connectivity index (χ2n) is 5.21. The first-order chi connectivity index (χ1) is 10.8. The average Bonchev–Trinajstić information content (AvgIpc) is 3.23. The van der Waals surface area contributed by atoms with Crippen LogP contribution in [-0.4, -0.2) is 25.2 Å². The molecule has 2 heterocycles. The van der Waals surface area contributed by atoms with Gasteiger partial charge in [0.1, 0.15) is 5.76 Å². The molecular formula is C17H19NO3S. The number of rotatable bonds is 6. The zero-order chi connectivity index (χ0) is 15.2. The number of ether oxygens (including phenoxy) is 1. The Hall–Kier alpha value is -1.72. The monoisotopic (exact) mass is 317 g/mol. The molecule has 3 rings (SSSR count). The molecule has 1 aliphatic rings. The van der Waals surface area contributed by atoms with Crippen LogP contribution in [0.1, 0.15) is 29.2 Å². The number of amides is 1. The molecule has 0 saturated carbocycles. The third-order valence-corrected chi connectivity index (χ3v) is 4.56. The highest BCUT2D eigenvalue weighted by Crippen LogP contribution is 2.23. The van der Waals surface area contributed by atoms with Crippen molar-refractivity contribution in [3.05, 3.63) is 54.0 Å². The number of nitrogens with one attached hydrogen (secondary N) is 1. The minimum atomic E-state index is -0.175. The van der Waals surface area contributed by atoms with Crippen molar-refractivity contribution in [2.45, 2.75) is 29.6 Å². The highest BCUT2D eigenvalue weighted by Gasteiger charge is 2.18. The molecule has 0 aliphatic carbocycles. The van der Waals surface area contributed by atoms with Gasteiger partial charge in [0.25, 0.3) is 5.91 Å². The van der Waals surface area contributed by atoms with Gasteiger partial charge in [0.15, 0.2) is 5.76 Å². The third-order valence-electron chi connectivity index (χ3n) is 3.52. The van der Waals surface area contributed by atoms with Gasteiger partial charge in [0, 0.05) is 18.0 Å². The van der Waals surface area contributed by atoms with E-state index in [0.29, 0.717) is 18.1 Å². The first kappa shape index (κ1) is 15.2. The Balaban J connectivity index is 1.48. The second kappa shape index (κ2) is 7.51. The highest BCUT2D eigenvalue weighted by molar-refractivity contribution is 7.98. The van der Waals surface area contributed by atoms with Crippen molar-refractivity contribution in [2.75, 3.05) is 13.2 Å². The Kier molecular flexibility index (Phi) is 5.19. The van der Waals surface area contributed by atoms with Crippen molar-refractivity contribution in [3.8, 4) is 0 Å². The van der Waals surface area contributed by atoms with Crippen LogP contribution >= 0.6 is 11.8 Å². The first-order valence-corrected chi connectivity index (χ1v) is 8.46. The van der Waals surface area contributed by atoms with E-state index < -0.39 is 0 Å². The lowest BCUT2D eigenvalue weighted by atomic mass is 10.2. The summed E-state index contributed by atoms with van der Waals surface area (Å²) in [6.07, 6.45) is 2.23. The van der Waals surface area contributed by atoms with E-state index >= 15 is 0 Å². The van der Waals surface area contributed by atoms with Crippen LogP contribution in [0.15, 0.2) is 51.8 Å². The van der Waals surface area contributed by atoms with Gasteiger partial charge in [0.05, 0.1) is 11.9 Å². The van der Waals surface area contributed by atoms with E-state index in [1.165, 1.54) is 4.90 Å². The molecule has 116 valence electrons. The van der Waals surface area contributed by atoms with Gasteiger partial charge < -0.3 is 14.5 Å². The molecule has 0 radical (unpaired) electrons. The number of hydrogen-bond donors (Lipinski definition) is 1. The summed E-state index contributed by atoms with van der Waals surface area (Å²) in [7, 11) is 0. The summed E-state index contributed by atoms with van der Waals surface area (Å²) in [6, 6.07) is 13.7. The molecule has 22 heavy (non-hydrogen) atoms. The number of hydrogen-bond acceptors (Lipinski definition) is 4. The van der Waals surface area contributed by atoms with E-state index in [1.807, 2.05) is 24.3 Å². The van der Waals surface area contributed by atoms with Crippen molar-refractivity contribution in [3.63, 3.8) is 0 Å². The van der Waals surface area contributed by atoms with Gasteiger partial charge in [-0.15, -0.1) is 11.8 Å². The largest absolute Gasteiger partial charge is 0.455 e. The van der Waals surface area contributed by atoms with Crippen LogP contribution in [0.2, 0.25) is 0 Å². The maximum Gasteiger partial charge on any atom is 0.287 e. The fourth-order valence-corrected chi connectivity index (χ4v) is 3.16. The third kappa shape index (κ3) is 4.15. The van der Waals surface area contributed by atoms with Crippen molar-refractivity contribution in [1.29, 1.82) is 0 Å². The zero-order valence-corrected chi connectivity index (χ0v) is 13.1. The van der Waals surface area contributed by atoms with Crippen LogP contribution in [0.4, 0.5) is 0 Å². The molecule has 0 spiro atoms. The van der Waals surface area contributed by atoms with Gasteiger partial charge in [0.2, 0.25) is 0 Å². The molecule has 5 heteroatoms. The quantitative estimate of drug-likeness (QED) is 0.829. The van der Waals surface area contributed by atoms with Crippen LogP contribution in [0.3, 0.4) is 0 Å². The van der Waals surface area contributed by atoms with Crippen LogP contribution in [0.5, 0.6) is 0 Å². The topological polar surface area (TPSA) is 51.5 Å². The number of carbonyl (C=O) groups is 1. The molecule has 1 saturated heterocycles. The molecule has 1 N–H and O–H groups in total. The lowest BCUT2D eigenvalue weighted by molar-refractivity contribution is 0.0834. The van der Waals surface area contributed by atoms with E-state index in [9.17, 15) is 4.79 Å². The predicted octanol–water partition coefficient (Wildman–Crippen LogP) is 3.48. The van der Waals surface area contributed by atoms with Gasteiger partial charge in [-0.25, -0.2) is 0 Å². The molecule has 1 aliphatic heterocycles. The molecule has 1 aromatic carbocycles. The van der Waals surface area contributed by atoms with Gasteiger partial charge in [-0.1, -0.05) is 18.2 Å². The Morgan fingerprint density at radius 3 is 2.86 bits per heavy atom. The second-order valence-corrected chi connectivity index (χ2v) is 6.26. The van der Waals surface area contributed by atoms with Gasteiger partial charge in [-0.3, -0.25) is 4.79 Å². The van der Waals surface area contributed by atoms with Crippen LogP contribution in [-0.2, 0) is 10.5 Å². The van der Waals surface area contributed by atoms with Crippen LogP contribution in [0.25, 0.3) is 0 Å².